The molecule has 2 rings (SSSR count). The van der Waals surface area contributed by atoms with Crippen molar-refractivity contribution in [2.75, 3.05) is 19.6 Å². The van der Waals surface area contributed by atoms with Crippen LogP contribution >= 0.6 is 0 Å². The van der Waals surface area contributed by atoms with Gasteiger partial charge in [-0.1, -0.05) is 0 Å². The summed E-state index contributed by atoms with van der Waals surface area (Å²) in [4.78, 5) is 33.6. The molecule has 2 amide bonds. The molecule has 0 bridgehead atoms. The number of carbonyl (C=O) groups is 2. The Morgan fingerprint density at radius 3 is 2.70 bits per heavy atom. The number of hydrogen-bond donors (Lipinski definition) is 1. The minimum atomic E-state index is -1.54. The third kappa shape index (κ3) is 2.42. The summed E-state index contributed by atoms with van der Waals surface area (Å²) in [5.74, 6) is -4.29. The summed E-state index contributed by atoms with van der Waals surface area (Å²) in [7, 11) is 0. The molecule has 0 saturated carbocycles. The quantitative estimate of drug-likeness (QED) is 0.630. The lowest BCUT2D eigenvalue weighted by molar-refractivity contribution is -0.387. The fourth-order valence-corrected chi connectivity index (χ4v) is 1.85. The Balaban J connectivity index is 2.41. The van der Waals surface area contributed by atoms with Crippen molar-refractivity contribution in [1.29, 1.82) is 0 Å². The second-order valence-corrected chi connectivity index (χ2v) is 4.09. The lowest BCUT2D eigenvalue weighted by Gasteiger charge is -2.26. The minimum absolute atomic E-state index is 0.0755. The Bertz CT molecular complexity index is 606. The van der Waals surface area contributed by atoms with Crippen molar-refractivity contribution in [2.24, 2.45) is 0 Å². The summed E-state index contributed by atoms with van der Waals surface area (Å²) in [5.41, 5.74) is -2.01. The molecule has 106 valence electrons. The molecule has 1 N–H and O–H groups in total. The lowest BCUT2D eigenvalue weighted by atomic mass is 10.1. The first-order chi connectivity index (χ1) is 9.41. The van der Waals surface area contributed by atoms with Crippen LogP contribution in [0.3, 0.4) is 0 Å². The maximum Gasteiger partial charge on any atom is 0.305 e. The molecule has 0 atom stereocenters. The fraction of sp³-hybridized carbons (Fsp3) is 0.273. The topological polar surface area (TPSA) is 92.5 Å². The number of nitro groups is 1. The van der Waals surface area contributed by atoms with Crippen molar-refractivity contribution in [3.8, 4) is 0 Å². The highest BCUT2D eigenvalue weighted by molar-refractivity contribution is 5.98. The van der Waals surface area contributed by atoms with Gasteiger partial charge in [0, 0.05) is 19.2 Å². The zero-order chi connectivity index (χ0) is 14.9. The Hall–Kier alpha value is -2.58. The second-order valence-electron chi connectivity index (χ2n) is 4.09. The molecule has 7 nitrogen and oxygen atoms in total. The summed E-state index contributed by atoms with van der Waals surface area (Å²) in [6, 6.07) is 1.29. The van der Waals surface area contributed by atoms with Crippen molar-refractivity contribution >= 4 is 17.5 Å². The van der Waals surface area contributed by atoms with Gasteiger partial charge in [0.25, 0.3) is 5.91 Å². The second kappa shape index (κ2) is 5.19. The van der Waals surface area contributed by atoms with Crippen LogP contribution in [-0.4, -0.2) is 41.3 Å². The van der Waals surface area contributed by atoms with E-state index in [9.17, 15) is 28.5 Å². The van der Waals surface area contributed by atoms with Gasteiger partial charge in [-0.3, -0.25) is 19.7 Å². The van der Waals surface area contributed by atoms with Gasteiger partial charge in [-0.15, -0.1) is 0 Å². The number of piperazine rings is 1. The van der Waals surface area contributed by atoms with Gasteiger partial charge in [-0.2, -0.15) is 4.39 Å². The number of nitrogens with one attached hydrogen (secondary N) is 1. The van der Waals surface area contributed by atoms with Crippen LogP contribution in [0.1, 0.15) is 10.4 Å². The van der Waals surface area contributed by atoms with Gasteiger partial charge in [0.05, 0.1) is 11.5 Å². The van der Waals surface area contributed by atoms with E-state index in [2.05, 4.69) is 5.32 Å². The smallest absolute Gasteiger partial charge is 0.305 e. The zero-order valence-electron chi connectivity index (χ0n) is 10.1. The Morgan fingerprint density at radius 1 is 1.40 bits per heavy atom. The normalized spacial score (nSPS) is 14.9. The maximum atomic E-state index is 13.9. The van der Waals surface area contributed by atoms with Crippen molar-refractivity contribution < 1.29 is 23.3 Å². The molecule has 0 radical (unpaired) electrons. The molecule has 0 aromatic heterocycles. The van der Waals surface area contributed by atoms with Gasteiger partial charge in [-0.05, 0) is 6.07 Å². The average Bonchev–Trinajstić information content (AvgIpc) is 2.38. The predicted octanol–water partition coefficient (Wildman–Crippen LogP) is 0.445. The summed E-state index contributed by atoms with van der Waals surface area (Å²) in [5, 5.41) is 13.0. The molecule has 1 fully saturated rings. The summed E-state index contributed by atoms with van der Waals surface area (Å²) in [6.45, 7) is -0.116. The monoisotopic (exact) mass is 285 g/mol. The van der Waals surface area contributed by atoms with E-state index in [1.54, 1.807) is 0 Å². The first kappa shape index (κ1) is 13.8. The Morgan fingerprint density at radius 2 is 2.10 bits per heavy atom. The number of nitro benzene ring substituents is 1. The van der Waals surface area contributed by atoms with Crippen molar-refractivity contribution in [1.82, 2.24) is 10.2 Å². The van der Waals surface area contributed by atoms with Gasteiger partial charge >= 0.3 is 5.69 Å². The van der Waals surface area contributed by atoms with Gasteiger partial charge < -0.3 is 10.2 Å². The zero-order valence-corrected chi connectivity index (χ0v) is 10.1. The average molecular weight is 285 g/mol. The Labute approximate surface area is 111 Å². The molecule has 1 aromatic carbocycles. The lowest BCUT2D eigenvalue weighted by Crippen LogP contribution is -2.50. The van der Waals surface area contributed by atoms with E-state index >= 15 is 0 Å². The van der Waals surface area contributed by atoms with Crippen LogP contribution in [0, 0.1) is 21.7 Å². The van der Waals surface area contributed by atoms with Crippen LogP contribution in [0.2, 0.25) is 0 Å². The summed E-state index contributed by atoms with van der Waals surface area (Å²) < 4.78 is 27.4. The van der Waals surface area contributed by atoms with E-state index in [0.717, 1.165) is 4.90 Å². The van der Waals surface area contributed by atoms with Crippen molar-refractivity contribution in [3.63, 3.8) is 0 Å². The minimum Gasteiger partial charge on any atom is -0.353 e. The molecule has 0 spiro atoms. The maximum absolute atomic E-state index is 13.9. The van der Waals surface area contributed by atoms with Gasteiger partial charge in [0.15, 0.2) is 0 Å². The van der Waals surface area contributed by atoms with Crippen LogP contribution in [-0.2, 0) is 4.79 Å². The van der Waals surface area contributed by atoms with E-state index in [4.69, 9.17) is 0 Å². The number of carbonyl (C=O) groups excluding carboxylic acids is 2. The van der Waals surface area contributed by atoms with Gasteiger partial charge in [-0.25, -0.2) is 4.39 Å². The number of benzene rings is 1. The largest absolute Gasteiger partial charge is 0.353 e. The van der Waals surface area contributed by atoms with Crippen LogP contribution in [0.25, 0.3) is 0 Å². The number of hydrogen-bond acceptors (Lipinski definition) is 4. The molecule has 0 aliphatic carbocycles. The van der Waals surface area contributed by atoms with Gasteiger partial charge in [0.2, 0.25) is 11.7 Å². The van der Waals surface area contributed by atoms with E-state index in [1.807, 2.05) is 0 Å². The SMILES string of the molecule is O=C1CN(C(=O)c2c(F)ccc([N+](=O)[O-])c2F)CCN1. The molecular weight excluding hydrogens is 276 g/mol. The van der Waals surface area contributed by atoms with Crippen LogP contribution in [0.5, 0.6) is 0 Å². The van der Waals surface area contributed by atoms with E-state index in [1.165, 1.54) is 0 Å². The number of rotatable bonds is 2. The molecule has 9 heteroatoms. The van der Waals surface area contributed by atoms with Crippen LogP contribution < -0.4 is 5.32 Å². The number of amides is 2. The molecule has 0 unspecified atom stereocenters. The van der Waals surface area contributed by atoms with Crippen molar-refractivity contribution in [2.45, 2.75) is 0 Å². The predicted molar refractivity (Wildman–Crippen MR) is 61.9 cm³/mol. The molecule has 1 aromatic rings. The highest BCUT2D eigenvalue weighted by Gasteiger charge is 2.31. The Kier molecular flexibility index (Phi) is 3.59. The first-order valence-electron chi connectivity index (χ1n) is 5.60. The number of halogens is 2. The van der Waals surface area contributed by atoms with Gasteiger partial charge in [0.1, 0.15) is 11.4 Å². The van der Waals surface area contributed by atoms with E-state index < -0.39 is 39.6 Å². The molecule has 1 aliphatic rings. The molecule has 1 heterocycles. The van der Waals surface area contributed by atoms with Crippen LogP contribution in [0.15, 0.2) is 12.1 Å². The standard InChI is InChI=1S/C11H9F2N3O4/c12-6-1-2-7(16(19)20)10(13)9(6)11(18)15-4-3-14-8(17)5-15/h1-2H,3-5H2,(H,14,17). The molecule has 1 saturated heterocycles. The third-order valence-electron chi connectivity index (χ3n) is 2.81. The highest BCUT2D eigenvalue weighted by Crippen LogP contribution is 2.24. The summed E-state index contributed by atoms with van der Waals surface area (Å²) >= 11 is 0. The van der Waals surface area contributed by atoms with E-state index in [-0.39, 0.29) is 19.6 Å². The van der Waals surface area contributed by atoms with E-state index in [0.29, 0.717) is 12.1 Å². The van der Waals surface area contributed by atoms with Crippen LogP contribution in [0.4, 0.5) is 14.5 Å². The first-order valence-corrected chi connectivity index (χ1v) is 5.60. The molecule has 20 heavy (non-hydrogen) atoms. The summed E-state index contributed by atoms with van der Waals surface area (Å²) in [6.07, 6.45) is 0. The molecular formula is C11H9F2N3O4. The fourth-order valence-electron chi connectivity index (χ4n) is 1.85. The molecule has 1 aliphatic heterocycles. The van der Waals surface area contributed by atoms with Crippen molar-refractivity contribution in [3.05, 3.63) is 39.4 Å². The number of nitrogens with zero attached hydrogens (tertiary/aromatic N) is 2. The highest BCUT2D eigenvalue weighted by atomic mass is 19.1. The third-order valence-corrected chi connectivity index (χ3v) is 2.81.